The molecule has 2 aromatic carbocycles. The van der Waals surface area contributed by atoms with Gasteiger partial charge in [-0.2, -0.15) is 12.6 Å². The standard InChI is InChI=1S/C15H13NS/c17-9-3-4-11-7-8-13-12-5-1-2-6-14(12)16-15(13)10-11/h1-8,10,16-17H,9H2. The monoisotopic (exact) mass is 239 g/mol. The van der Waals surface area contributed by atoms with Gasteiger partial charge in [0.05, 0.1) is 0 Å². The molecular formula is C15H13NS. The molecule has 0 spiro atoms. The Kier molecular flexibility index (Phi) is 2.65. The third kappa shape index (κ3) is 1.85. The summed E-state index contributed by atoms with van der Waals surface area (Å²) in [5.74, 6) is 0.769. The highest BCUT2D eigenvalue weighted by Crippen LogP contribution is 2.26. The Morgan fingerprint density at radius 3 is 2.71 bits per heavy atom. The van der Waals surface area contributed by atoms with Crippen molar-refractivity contribution in [3.05, 3.63) is 54.1 Å². The van der Waals surface area contributed by atoms with E-state index in [4.69, 9.17) is 0 Å². The summed E-state index contributed by atoms with van der Waals surface area (Å²) < 4.78 is 0. The molecule has 0 atom stereocenters. The summed E-state index contributed by atoms with van der Waals surface area (Å²) in [5, 5.41) is 2.57. The maximum Gasteiger partial charge on any atom is 0.0470 e. The molecule has 84 valence electrons. The summed E-state index contributed by atoms with van der Waals surface area (Å²) in [5.41, 5.74) is 3.59. The number of benzene rings is 2. The smallest absolute Gasteiger partial charge is 0.0470 e. The first-order valence-corrected chi connectivity index (χ1v) is 6.29. The van der Waals surface area contributed by atoms with Crippen molar-refractivity contribution in [2.24, 2.45) is 0 Å². The highest BCUT2D eigenvalue weighted by molar-refractivity contribution is 7.80. The third-order valence-corrected chi connectivity index (χ3v) is 3.16. The molecule has 0 aliphatic carbocycles. The first kappa shape index (κ1) is 10.5. The van der Waals surface area contributed by atoms with E-state index in [0.717, 1.165) is 5.75 Å². The van der Waals surface area contributed by atoms with E-state index in [2.05, 4.69) is 66.2 Å². The van der Waals surface area contributed by atoms with Crippen molar-refractivity contribution in [3.8, 4) is 0 Å². The number of aromatic nitrogens is 1. The fourth-order valence-electron chi connectivity index (χ4n) is 2.16. The average molecular weight is 239 g/mol. The van der Waals surface area contributed by atoms with Gasteiger partial charge in [-0.25, -0.2) is 0 Å². The van der Waals surface area contributed by atoms with Crippen molar-refractivity contribution in [1.82, 2.24) is 4.98 Å². The first-order chi connectivity index (χ1) is 8.38. The Balaban J connectivity index is 2.23. The number of H-pyrrole nitrogens is 1. The predicted octanol–water partition coefficient (Wildman–Crippen LogP) is 4.26. The van der Waals surface area contributed by atoms with Gasteiger partial charge in [0.15, 0.2) is 0 Å². The molecule has 0 saturated carbocycles. The zero-order chi connectivity index (χ0) is 11.7. The van der Waals surface area contributed by atoms with E-state index < -0.39 is 0 Å². The fourth-order valence-corrected chi connectivity index (χ4v) is 2.27. The summed E-state index contributed by atoms with van der Waals surface area (Å²) in [6.45, 7) is 0. The summed E-state index contributed by atoms with van der Waals surface area (Å²) in [6.07, 6.45) is 4.14. The van der Waals surface area contributed by atoms with Crippen LogP contribution in [0.15, 0.2) is 48.5 Å². The molecule has 1 nitrogen and oxygen atoms in total. The lowest BCUT2D eigenvalue weighted by molar-refractivity contribution is 1.54. The zero-order valence-corrected chi connectivity index (χ0v) is 10.2. The first-order valence-electron chi connectivity index (χ1n) is 5.66. The lowest BCUT2D eigenvalue weighted by atomic mass is 10.1. The molecule has 1 aromatic heterocycles. The van der Waals surface area contributed by atoms with Gasteiger partial charge in [-0.1, -0.05) is 42.5 Å². The van der Waals surface area contributed by atoms with E-state index in [0.29, 0.717) is 0 Å². The van der Waals surface area contributed by atoms with Crippen LogP contribution in [0.25, 0.3) is 27.9 Å². The van der Waals surface area contributed by atoms with E-state index in [9.17, 15) is 0 Å². The number of para-hydroxylation sites is 1. The van der Waals surface area contributed by atoms with Crippen molar-refractivity contribution >= 4 is 40.5 Å². The molecule has 3 rings (SSSR count). The number of thiol groups is 1. The number of rotatable bonds is 2. The van der Waals surface area contributed by atoms with Gasteiger partial charge in [0, 0.05) is 27.6 Å². The van der Waals surface area contributed by atoms with Crippen molar-refractivity contribution < 1.29 is 0 Å². The minimum absolute atomic E-state index is 0.769. The Morgan fingerprint density at radius 2 is 1.82 bits per heavy atom. The minimum Gasteiger partial charge on any atom is -0.354 e. The molecule has 3 aromatic rings. The van der Waals surface area contributed by atoms with Gasteiger partial charge < -0.3 is 4.98 Å². The lowest BCUT2D eigenvalue weighted by Gasteiger charge is -1.94. The topological polar surface area (TPSA) is 15.8 Å². The third-order valence-electron chi connectivity index (χ3n) is 2.95. The van der Waals surface area contributed by atoms with Gasteiger partial charge in [-0.05, 0) is 17.7 Å². The lowest BCUT2D eigenvalue weighted by Crippen LogP contribution is -1.73. The van der Waals surface area contributed by atoms with Crippen LogP contribution < -0.4 is 0 Å². The van der Waals surface area contributed by atoms with Crippen LogP contribution in [-0.4, -0.2) is 10.7 Å². The number of hydrogen-bond donors (Lipinski definition) is 2. The Morgan fingerprint density at radius 1 is 1.00 bits per heavy atom. The van der Waals surface area contributed by atoms with Crippen molar-refractivity contribution in [3.63, 3.8) is 0 Å². The van der Waals surface area contributed by atoms with Gasteiger partial charge >= 0.3 is 0 Å². The maximum atomic E-state index is 4.17. The Hall–Kier alpha value is -1.67. The van der Waals surface area contributed by atoms with Gasteiger partial charge in [0.1, 0.15) is 0 Å². The quantitative estimate of drug-likeness (QED) is 0.621. The van der Waals surface area contributed by atoms with Crippen LogP contribution in [-0.2, 0) is 0 Å². The van der Waals surface area contributed by atoms with E-state index in [-0.39, 0.29) is 0 Å². The molecule has 0 amide bonds. The van der Waals surface area contributed by atoms with E-state index >= 15 is 0 Å². The fraction of sp³-hybridized carbons (Fsp3) is 0.0667. The number of aromatic amines is 1. The Bertz CT molecular complexity index is 694. The zero-order valence-electron chi connectivity index (χ0n) is 9.35. The highest BCUT2D eigenvalue weighted by Gasteiger charge is 2.02. The SMILES string of the molecule is SCC=Cc1ccc2c(c1)[nH]c1ccccc12. The van der Waals surface area contributed by atoms with E-state index in [1.165, 1.54) is 27.4 Å². The predicted molar refractivity (Wildman–Crippen MR) is 78.7 cm³/mol. The van der Waals surface area contributed by atoms with Gasteiger partial charge in [-0.15, -0.1) is 0 Å². The second kappa shape index (κ2) is 4.30. The normalized spacial score (nSPS) is 11.8. The van der Waals surface area contributed by atoms with Crippen LogP contribution in [0.1, 0.15) is 5.56 Å². The number of nitrogens with one attached hydrogen (secondary N) is 1. The highest BCUT2D eigenvalue weighted by atomic mass is 32.1. The molecule has 0 bridgehead atoms. The summed E-state index contributed by atoms with van der Waals surface area (Å²) in [6, 6.07) is 14.9. The molecule has 1 N–H and O–H groups in total. The summed E-state index contributed by atoms with van der Waals surface area (Å²) >= 11 is 4.17. The van der Waals surface area contributed by atoms with Crippen LogP contribution in [0.5, 0.6) is 0 Å². The number of fused-ring (bicyclic) bond motifs is 3. The largest absolute Gasteiger partial charge is 0.354 e. The van der Waals surface area contributed by atoms with Crippen molar-refractivity contribution in [2.45, 2.75) is 0 Å². The molecule has 0 aliphatic heterocycles. The molecule has 0 fully saturated rings. The van der Waals surface area contributed by atoms with Gasteiger partial charge in [0.25, 0.3) is 0 Å². The van der Waals surface area contributed by atoms with E-state index in [1.54, 1.807) is 0 Å². The minimum atomic E-state index is 0.769. The van der Waals surface area contributed by atoms with Gasteiger partial charge in [0.2, 0.25) is 0 Å². The van der Waals surface area contributed by atoms with Gasteiger partial charge in [-0.3, -0.25) is 0 Å². The molecule has 0 unspecified atom stereocenters. The maximum absolute atomic E-state index is 4.17. The van der Waals surface area contributed by atoms with Crippen molar-refractivity contribution in [2.75, 3.05) is 5.75 Å². The van der Waals surface area contributed by atoms with Crippen LogP contribution >= 0.6 is 12.6 Å². The molecule has 0 radical (unpaired) electrons. The molecule has 2 heteroatoms. The Labute approximate surface area is 106 Å². The summed E-state index contributed by atoms with van der Waals surface area (Å²) in [4.78, 5) is 3.44. The second-order valence-corrected chi connectivity index (χ2v) is 4.43. The van der Waals surface area contributed by atoms with E-state index in [1.807, 2.05) is 6.08 Å². The van der Waals surface area contributed by atoms with Crippen LogP contribution in [0.3, 0.4) is 0 Å². The molecule has 0 aliphatic rings. The molecule has 0 saturated heterocycles. The van der Waals surface area contributed by atoms with Crippen LogP contribution in [0, 0.1) is 0 Å². The molecule has 1 heterocycles. The molecule has 17 heavy (non-hydrogen) atoms. The number of hydrogen-bond acceptors (Lipinski definition) is 1. The summed E-state index contributed by atoms with van der Waals surface area (Å²) in [7, 11) is 0. The molecular weight excluding hydrogens is 226 g/mol. The average Bonchev–Trinajstić information content (AvgIpc) is 2.74. The van der Waals surface area contributed by atoms with Crippen LogP contribution in [0.2, 0.25) is 0 Å². The van der Waals surface area contributed by atoms with Crippen molar-refractivity contribution in [1.29, 1.82) is 0 Å². The second-order valence-electron chi connectivity index (χ2n) is 4.06. The van der Waals surface area contributed by atoms with Crippen LogP contribution in [0.4, 0.5) is 0 Å².